The Hall–Kier alpha value is -1.06. The molecule has 18 heavy (non-hydrogen) atoms. The van der Waals surface area contributed by atoms with Crippen LogP contribution in [0.3, 0.4) is 0 Å². The topological polar surface area (TPSA) is 34.1 Å². The minimum Gasteiger partial charge on any atom is -0.219 e. The van der Waals surface area contributed by atoms with Crippen molar-refractivity contribution in [1.82, 2.24) is 0 Å². The van der Waals surface area contributed by atoms with Crippen molar-refractivity contribution in [2.24, 2.45) is 0 Å². The SMILES string of the molecule is O=S(=O)(/C=C(/Cl)C1=CCCCC1)c1ccccc1. The van der Waals surface area contributed by atoms with E-state index in [0.29, 0.717) is 5.03 Å². The molecule has 0 aromatic heterocycles. The lowest BCUT2D eigenvalue weighted by atomic mass is 10.00. The van der Waals surface area contributed by atoms with Gasteiger partial charge in [0.2, 0.25) is 9.84 Å². The zero-order valence-corrected chi connectivity index (χ0v) is 11.5. The first-order valence-electron chi connectivity index (χ1n) is 5.96. The number of hydrogen-bond donors (Lipinski definition) is 0. The van der Waals surface area contributed by atoms with Gasteiger partial charge in [-0.1, -0.05) is 35.9 Å². The van der Waals surface area contributed by atoms with Gasteiger partial charge < -0.3 is 0 Å². The monoisotopic (exact) mass is 282 g/mol. The van der Waals surface area contributed by atoms with Crippen molar-refractivity contribution < 1.29 is 8.42 Å². The van der Waals surface area contributed by atoms with Crippen molar-refractivity contribution in [3.63, 3.8) is 0 Å². The summed E-state index contributed by atoms with van der Waals surface area (Å²) in [5, 5.41) is 1.51. The van der Waals surface area contributed by atoms with Crippen molar-refractivity contribution in [3.05, 3.63) is 52.4 Å². The van der Waals surface area contributed by atoms with Gasteiger partial charge >= 0.3 is 0 Å². The number of benzene rings is 1. The second-order valence-electron chi connectivity index (χ2n) is 4.30. The van der Waals surface area contributed by atoms with Gasteiger partial charge in [0, 0.05) is 0 Å². The van der Waals surface area contributed by atoms with Crippen LogP contribution in [-0.4, -0.2) is 8.42 Å². The number of halogens is 1. The number of sulfone groups is 1. The molecule has 4 heteroatoms. The first-order valence-corrected chi connectivity index (χ1v) is 7.89. The first-order chi connectivity index (χ1) is 8.59. The fourth-order valence-corrected chi connectivity index (χ4v) is 3.57. The second kappa shape index (κ2) is 5.72. The average molecular weight is 283 g/mol. The lowest BCUT2D eigenvalue weighted by Crippen LogP contribution is -1.99. The minimum atomic E-state index is -3.44. The largest absolute Gasteiger partial charge is 0.219 e. The molecule has 0 atom stereocenters. The van der Waals surface area contributed by atoms with E-state index < -0.39 is 9.84 Å². The summed E-state index contributed by atoms with van der Waals surface area (Å²) < 4.78 is 24.2. The molecule has 0 heterocycles. The maximum absolute atomic E-state index is 12.1. The number of rotatable bonds is 3. The third-order valence-electron chi connectivity index (χ3n) is 2.93. The van der Waals surface area contributed by atoms with Crippen LogP contribution in [0.5, 0.6) is 0 Å². The Morgan fingerprint density at radius 3 is 2.50 bits per heavy atom. The fourth-order valence-electron chi connectivity index (χ4n) is 1.95. The molecule has 0 unspecified atom stereocenters. The van der Waals surface area contributed by atoms with Crippen molar-refractivity contribution in [3.8, 4) is 0 Å². The van der Waals surface area contributed by atoms with Gasteiger partial charge in [-0.05, 0) is 43.4 Å². The van der Waals surface area contributed by atoms with Crippen LogP contribution in [0.2, 0.25) is 0 Å². The molecule has 0 bridgehead atoms. The Kier molecular flexibility index (Phi) is 4.25. The van der Waals surface area contributed by atoms with Gasteiger partial charge in [0.05, 0.1) is 15.3 Å². The van der Waals surface area contributed by atoms with Crippen molar-refractivity contribution in [2.45, 2.75) is 30.6 Å². The quantitative estimate of drug-likeness (QED) is 0.838. The van der Waals surface area contributed by atoms with Crippen LogP contribution in [0.15, 0.2) is 57.3 Å². The Morgan fingerprint density at radius 2 is 1.89 bits per heavy atom. The smallest absolute Gasteiger partial charge is 0.201 e. The van der Waals surface area contributed by atoms with E-state index in [1.807, 2.05) is 6.08 Å². The zero-order chi connectivity index (χ0) is 13.0. The average Bonchev–Trinajstić information content (AvgIpc) is 2.40. The molecule has 1 aromatic rings. The lowest BCUT2D eigenvalue weighted by Gasteiger charge is -2.11. The third-order valence-corrected chi connectivity index (χ3v) is 4.88. The van der Waals surface area contributed by atoms with Gasteiger partial charge in [-0.2, -0.15) is 0 Å². The summed E-state index contributed by atoms with van der Waals surface area (Å²) in [6, 6.07) is 8.34. The predicted molar refractivity (Wildman–Crippen MR) is 74.1 cm³/mol. The highest BCUT2D eigenvalue weighted by atomic mass is 35.5. The Labute approximate surface area is 113 Å². The Bertz CT molecular complexity index is 571. The molecule has 0 saturated heterocycles. The van der Waals surface area contributed by atoms with E-state index in [9.17, 15) is 8.42 Å². The molecule has 2 nitrogen and oxygen atoms in total. The van der Waals surface area contributed by atoms with Crippen LogP contribution in [0.4, 0.5) is 0 Å². The summed E-state index contributed by atoms with van der Waals surface area (Å²) in [6.45, 7) is 0. The van der Waals surface area contributed by atoms with Gasteiger partial charge in [0.1, 0.15) is 0 Å². The van der Waals surface area contributed by atoms with E-state index in [1.165, 1.54) is 5.41 Å². The lowest BCUT2D eigenvalue weighted by molar-refractivity contribution is 0.604. The molecule has 0 saturated carbocycles. The summed E-state index contributed by atoms with van der Waals surface area (Å²) in [5.74, 6) is 0. The molecule has 0 N–H and O–H groups in total. The van der Waals surface area contributed by atoms with E-state index in [1.54, 1.807) is 30.3 Å². The van der Waals surface area contributed by atoms with Gasteiger partial charge in [0.15, 0.2) is 0 Å². The van der Waals surface area contributed by atoms with E-state index in [4.69, 9.17) is 11.6 Å². The van der Waals surface area contributed by atoms with Crippen LogP contribution in [0.25, 0.3) is 0 Å². The minimum absolute atomic E-state index is 0.277. The molecule has 1 aliphatic rings. The molecule has 1 aromatic carbocycles. The highest BCUT2D eigenvalue weighted by Crippen LogP contribution is 2.28. The summed E-state index contributed by atoms with van der Waals surface area (Å²) in [7, 11) is -3.44. The van der Waals surface area contributed by atoms with Gasteiger partial charge in [0.25, 0.3) is 0 Å². The number of allylic oxidation sites excluding steroid dienone is 3. The Balaban J connectivity index is 2.29. The Morgan fingerprint density at radius 1 is 1.17 bits per heavy atom. The standard InChI is InChI=1S/C14H15ClO2S/c15-14(12-7-3-1-4-8-12)11-18(16,17)13-9-5-2-6-10-13/h2,5-7,9-11H,1,3-4,8H2/b14-11+. The summed E-state index contributed by atoms with van der Waals surface area (Å²) >= 11 is 6.11. The summed E-state index contributed by atoms with van der Waals surface area (Å²) in [4.78, 5) is 0.277. The highest BCUT2D eigenvalue weighted by Gasteiger charge is 2.14. The van der Waals surface area contributed by atoms with Gasteiger partial charge in [-0.15, -0.1) is 0 Å². The zero-order valence-electron chi connectivity index (χ0n) is 9.97. The normalized spacial score (nSPS) is 17.4. The fraction of sp³-hybridized carbons (Fsp3) is 0.286. The number of hydrogen-bond acceptors (Lipinski definition) is 2. The highest BCUT2D eigenvalue weighted by molar-refractivity contribution is 7.94. The van der Waals surface area contributed by atoms with E-state index in [-0.39, 0.29) is 4.90 Å². The molecule has 0 amide bonds. The summed E-state index contributed by atoms with van der Waals surface area (Å²) in [6.07, 6.45) is 6.09. The van der Waals surface area contributed by atoms with Crippen LogP contribution in [0, 0.1) is 0 Å². The molecular formula is C14H15ClO2S. The van der Waals surface area contributed by atoms with Crippen molar-refractivity contribution in [1.29, 1.82) is 0 Å². The molecule has 0 spiro atoms. The van der Waals surface area contributed by atoms with Crippen LogP contribution >= 0.6 is 11.6 Å². The van der Waals surface area contributed by atoms with Gasteiger partial charge in [-0.3, -0.25) is 0 Å². The van der Waals surface area contributed by atoms with Crippen molar-refractivity contribution >= 4 is 21.4 Å². The molecule has 1 aliphatic carbocycles. The van der Waals surface area contributed by atoms with E-state index in [2.05, 4.69) is 0 Å². The molecule has 0 fully saturated rings. The third kappa shape index (κ3) is 3.24. The van der Waals surface area contributed by atoms with E-state index >= 15 is 0 Å². The van der Waals surface area contributed by atoms with Crippen molar-refractivity contribution in [2.75, 3.05) is 0 Å². The van der Waals surface area contributed by atoms with Crippen LogP contribution in [0.1, 0.15) is 25.7 Å². The maximum atomic E-state index is 12.1. The van der Waals surface area contributed by atoms with Gasteiger partial charge in [-0.25, -0.2) is 8.42 Å². The molecule has 2 rings (SSSR count). The summed E-state index contributed by atoms with van der Waals surface area (Å²) in [5.41, 5.74) is 0.947. The van der Waals surface area contributed by atoms with Crippen LogP contribution < -0.4 is 0 Å². The molecule has 0 aliphatic heterocycles. The van der Waals surface area contributed by atoms with Crippen LogP contribution in [-0.2, 0) is 9.84 Å². The maximum Gasteiger partial charge on any atom is 0.201 e. The second-order valence-corrected chi connectivity index (χ2v) is 6.50. The van der Waals surface area contributed by atoms with E-state index in [0.717, 1.165) is 31.3 Å². The first kappa shape index (κ1) is 13.4. The molecule has 0 radical (unpaired) electrons. The predicted octanol–water partition coefficient (Wildman–Crippen LogP) is 4.04. The molecular weight excluding hydrogens is 268 g/mol. The molecule has 96 valence electrons.